The molecule has 2 aliphatic rings. The topological polar surface area (TPSA) is 29.5 Å². The van der Waals surface area contributed by atoms with Crippen molar-refractivity contribution in [3.63, 3.8) is 0 Å². The second kappa shape index (κ2) is 7.20. The van der Waals surface area contributed by atoms with Crippen LogP contribution in [0.3, 0.4) is 0 Å². The zero-order chi connectivity index (χ0) is 18.1. The molecular weight excluding hydrogens is 329 g/mol. The van der Waals surface area contributed by atoms with Crippen molar-refractivity contribution in [2.45, 2.75) is 44.8 Å². The molecule has 26 heavy (non-hydrogen) atoms. The lowest BCUT2D eigenvalue weighted by atomic mass is 10.0. The fourth-order valence-electron chi connectivity index (χ4n) is 3.72. The van der Waals surface area contributed by atoms with E-state index < -0.39 is 5.82 Å². The lowest BCUT2D eigenvalue weighted by molar-refractivity contribution is 0.101. The Kier molecular flexibility index (Phi) is 4.77. The van der Waals surface area contributed by atoms with E-state index in [1.165, 1.54) is 18.6 Å². The maximum atomic E-state index is 14.3. The van der Waals surface area contributed by atoms with Crippen LogP contribution in [0.1, 0.15) is 53.6 Å². The number of likely N-dealkylation sites (tertiary alicyclic amines) is 1. The minimum Gasteiger partial charge on any atom is -0.489 e. The fourth-order valence-corrected chi connectivity index (χ4v) is 3.72. The van der Waals surface area contributed by atoms with E-state index in [2.05, 4.69) is 29.2 Å². The quantitative estimate of drug-likeness (QED) is 0.713. The number of halogens is 1. The van der Waals surface area contributed by atoms with Gasteiger partial charge >= 0.3 is 0 Å². The number of carbonyl (C=O) groups is 1. The second-order valence-electron chi connectivity index (χ2n) is 7.45. The van der Waals surface area contributed by atoms with Crippen LogP contribution in [-0.4, -0.2) is 29.9 Å². The number of carbonyl (C=O) groups excluding carboxylic acids is 1. The highest BCUT2D eigenvalue weighted by Gasteiger charge is 2.31. The average Bonchev–Trinajstić information content (AvgIpc) is 3.37. The third-order valence-electron chi connectivity index (χ3n) is 5.27. The Balaban J connectivity index is 1.46. The molecule has 0 radical (unpaired) electrons. The first-order valence-electron chi connectivity index (χ1n) is 9.37. The minimum absolute atomic E-state index is 0.0683. The van der Waals surface area contributed by atoms with Crippen molar-refractivity contribution >= 4 is 5.78 Å². The molecule has 1 aliphatic carbocycles. The summed E-state index contributed by atoms with van der Waals surface area (Å²) in [6.45, 7) is 4.14. The summed E-state index contributed by atoms with van der Waals surface area (Å²) in [4.78, 5) is 14.0. The van der Waals surface area contributed by atoms with Crippen molar-refractivity contribution in [2.75, 3.05) is 13.1 Å². The molecule has 0 N–H and O–H groups in total. The van der Waals surface area contributed by atoms with Gasteiger partial charge in [0.2, 0.25) is 0 Å². The molecule has 1 saturated heterocycles. The standard InChI is InChI=1S/C22H24FNO2/c1-15(25)19-11-20(17-7-8-17)22(12-21(19)23)26-18-9-10-24(14-18)13-16-5-3-2-4-6-16/h2-6,11-12,17-18H,7-10,13-14H2,1H3/t18-/m1/s1. The lowest BCUT2D eigenvalue weighted by Gasteiger charge is -2.19. The van der Waals surface area contributed by atoms with Gasteiger partial charge in [-0.2, -0.15) is 0 Å². The maximum absolute atomic E-state index is 14.3. The van der Waals surface area contributed by atoms with Gasteiger partial charge in [0.05, 0.1) is 5.56 Å². The Bertz CT molecular complexity index is 801. The maximum Gasteiger partial charge on any atom is 0.162 e. The van der Waals surface area contributed by atoms with Gasteiger partial charge < -0.3 is 4.74 Å². The molecule has 1 saturated carbocycles. The molecular formula is C22H24FNO2. The van der Waals surface area contributed by atoms with Crippen molar-refractivity contribution < 1.29 is 13.9 Å². The Morgan fingerprint density at radius 3 is 2.65 bits per heavy atom. The fraction of sp³-hybridized carbons (Fsp3) is 0.409. The summed E-state index contributed by atoms with van der Waals surface area (Å²) in [7, 11) is 0. The molecule has 0 amide bonds. The molecule has 4 heteroatoms. The third-order valence-corrected chi connectivity index (χ3v) is 5.27. The highest BCUT2D eigenvalue weighted by Crippen LogP contribution is 2.45. The van der Waals surface area contributed by atoms with Crippen LogP contribution in [0.2, 0.25) is 0 Å². The minimum atomic E-state index is -0.476. The molecule has 2 fully saturated rings. The van der Waals surface area contributed by atoms with E-state index in [1.54, 1.807) is 6.07 Å². The van der Waals surface area contributed by atoms with Gasteiger partial charge in [0.25, 0.3) is 0 Å². The largest absolute Gasteiger partial charge is 0.489 e. The van der Waals surface area contributed by atoms with E-state index in [0.717, 1.165) is 44.5 Å². The van der Waals surface area contributed by atoms with Gasteiger partial charge in [0, 0.05) is 25.7 Å². The van der Waals surface area contributed by atoms with E-state index in [9.17, 15) is 9.18 Å². The number of hydrogen-bond donors (Lipinski definition) is 0. The Hall–Kier alpha value is -2.20. The first kappa shape index (κ1) is 17.2. The van der Waals surface area contributed by atoms with E-state index in [-0.39, 0.29) is 17.5 Å². The molecule has 3 nitrogen and oxygen atoms in total. The van der Waals surface area contributed by atoms with Crippen molar-refractivity contribution in [1.82, 2.24) is 4.90 Å². The monoisotopic (exact) mass is 353 g/mol. The van der Waals surface area contributed by atoms with Gasteiger partial charge in [-0.3, -0.25) is 9.69 Å². The smallest absolute Gasteiger partial charge is 0.162 e. The van der Waals surface area contributed by atoms with Gasteiger partial charge in [-0.1, -0.05) is 30.3 Å². The van der Waals surface area contributed by atoms with Crippen LogP contribution >= 0.6 is 0 Å². The number of benzene rings is 2. The summed E-state index contributed by atoms with van der Waals surface area (Å²) < 4.78 is 20.5. The predicted molar refractivity (Wildman–Crippen MR) is 99.1 cm³/mol. The summed E-state index contributed by atoms with van der Waals surface area (Å²) in [5, 5.41) is 0. The molecule has 0 spiro atoms. The predicted octanol–water partition coefficient (Wildman–Crippen LogP) is 4.56. The van der Waals surface area contributed by atoms with Crippen LogP contribution in [-0.2, 0) is 6.54 Å². The normalized spacial score (nSPS) is 20.3. The van der Waals surface area contributed by atoms with Gasteiger partial charge in [0.15, 0.2) is 5.78 Å². The summed E-state index contributed by atoms with van der Waals surface area (Å²) >= 11 is 0. The number of ether oxygens (including phenoxy) is 1. The summed E-state index contributed by atoms with van der Waals surface area (Å²) in [6, 6.07) is 13.5. The highest BCUT2D eigenvalue weighted by molar-refractivity contribution is 5.94. The zero-order valence-corrected chi connectivity index (χ0v) is 15.1. The Labute approximate surface area is 153 Å². The second-order valence-corrected chi connectivity index (χ2v) is 7.45. The van der Waals surface area contributed by atoms with Crippen molar-refractivity contribution in [2.24, 2.45) is 0 Å². The Morgan fingerprint density at radius 1 is 1.19 bits per heavy atom. The molecule has 1 heterocycles. The van der Waals surface area contributed by atoms with Crippen LogP contribution in [0.4, 0.5) is 4.39 Å². The molecule has 0 aromatic heterocycles. The molecule has 2 aromatic carbocycles. The number of nitrogens with zero attached hydrogens (tertiary/aromatic N) is 1. The number of hydrogen-bond acceptors (Lipinski definition) is 3. The van der Waals surface area contributed by atoms with Crippen molar-refractivity contribution in [1.29, 1.82) is 0 Å². The van der Waals surface area contributed by atoms with Crippen molar-refractivity contribution in [3.8, 4) is 5.75 Å². The average molecular weight is 353 g/mol. The molecule has 2 aromatic rings. The van der Waals surface area contributed by atoms with Gasteiger partial charge in [-0.05, 0) is 49.3 Å². The molecule has 0 unspecified atom stereocenters. The van der Waals surface area contributed by atoms with Gasteiger partial charge in [-0.15, -0.1) is 0 Å². The summed E-state index contributed by atoms with van der Waals surface area (Å²) in [6.07, 6.45) is 3.18. The van der Waals surface area contributed by atoms with Crippen LogP contribution in [0.25, 0.3) is 0 Å². The van der Waals surface area contributed by atoms with Crippen LogP contribution in [0.5, 0.6) is 5.75 Å². The lowest BCUT2D eigenvalue weighted by Crippen LogP contribution is -2.25. The number of ketones is 1. The van der Waals surface area contributed by atoms with Gasteiger partial charge in [-0.25, -0.2) is 4.39 Å². The first-order chi connectivity index (χ1) is 12.6. The SMILES string of the molecule is CC(=O)c1cc(C2CC2)c(O[C@@H]2CCN(Cc3ccccc3)C2)cc1F. The van der Waals surface area contributed by atoms with Crippen LogP contribution < -0.4 is 4.74 Å². The molecule has 136 valence electrons. The van der Waals surface area contributed by atoms with Crippen LogP contribution in [0.15, 0.2) is 42.5 Å². The summed E-state index contributed by atoms with van der Waals surface area (Å²) in [5.41, 5.74) is 2.47. The molecule has 1 aliphatic heterocycles. The summed E-state index contributed by atoms with van der Waals surface area (Å²) in [5.74, 6) is 0.328. The van der Waals surface area contributed by atoms with E-state index in [4.69, 9.17) is 4.74 Å². The van der Waals surface area contributed by atoms with Crippen LogP contribution in [0, 0.1) is 5.82 Å². The first-order valence-corrected chi connectivity index (χ1v) is 9.37. The number of rotatable bonds is 6. The highest BCUT2D eigenvalue weighted by atomic mass is 19.1. The zero-order valence-electron chi connectivity index (χ0n) is 15.1. The third kappa shape index (κ3) is 3.80. The molecule has 4 rings (SSSR count). The molecule has 1 atom stereocenters. The van der Waals surface area contributed by atoms with Gasteiger partial charge in [0.1, 0.15) is 17.7 Å². The van der Waals surface area contributed by atoms with Crippen molar-refractivity contribution in [3.05, 3.63) is 65.0 Å². The van der Waals surface area contributed by atoms with E-state index >= 15 is 0 Å². The Morgan fingerprint density at radius 2 is 1.96 bits per heavy atom. The van der Waals surface area contributed by atoms with E-state index in [1.807, 2.05) is 6.07 Å². The molecule has 0 bridgehead atoms. The number of Topliss-reactive ketones (excluding diaryl/α,β-unsaturated/α-hetero) is 1. The van der Waals surface area contributed by atoms with E-state index in [0.29, 0.717) is 11.7 Å².